The third-order valence-corrected chi connectivity index (χ3v) is 4.26. The van der Waals surface area contributed by atoms with Gasteiger partial charge in [-0.2, -0.15) is 0 Å². The van der Waals surface area contributed by atoms with Crippen LogP contribution in [-0.4, -0.2) is 6.61 Å². The van der Waals surface area contributed by atoms with Crippen molar-refractivity contribution >= 4 is 28.9 Å². The molecule has 0 saturated carbocycles. The van der Waals surface area contributed by atoms with E-state index < -0.39 is 0 Å². The highest BCUT2D eigenvalue weighted by Gasteiger charge is 2.13. The van der Waals surface area contributed by atoms with E-state index in [4.69, 9.17) is 27.9 Å². The van der Waals surface area contributed by atoms with E-state index in [9.17, 15) is 0 Å². The van der Waals surface area contributed by atoms with E-state index in [1.807, 2.05) is 30.3 Å². The summed E-state index contributed by atoms with van der Waals surface area (Å²) in [5.74, 6) is 0.998. The molecule has 20 heavy (non-hydrogen) atoms. The van der Waals surface area contributed by atoms with Gasteiger partial charge in [-0.25, -0.2) is 0 Å². The van der Waals surface area contributed by atoms with Gasteiger partial charge in [0.1, 0.15) is 5.75 Å². The highest BCUT2D eigenvalue weighted by atomic mass is 35.5. The zero-order valence-electron chi connectivity index (χ0n) is 11.1. The highest BCUT2D eigenvalue weighted by molar-refractivity contribution is 6.42. The third-order valence-electron chi connectivity index (χ3n) is 3.52. The van der Waals surface area contributed by atoms with Crippen LogP contribution >= 0.6 is 23.2 Å². The maximum Gasteiger partial charge on any atom is 0.122 e. The number of hydrogen-bond acceptors (Lipinski definition) is 2. The van der Waals surface area contributed by atoms with Crippen LogP contribution in [0.25, 0.3) is 0 Å². The lowest BCUT2D eigenvalue weighted by Crippen LogP contribution is -2.06. The maximum atomic E-state index is 6.06. The Morgan fingerprint density at radius 3 is 2.75 bits per heavy atom. The first-order chi connectivity index (χ1) is 9.63. The Balaban J connectivity index is 1.78. The van der Waals surface area contributed by atoms with Gasteiger partial charge >= 0.3 is 0 Å². The van der Waals surface area contributed by atoms with Gasteiger partial charge in [0.2, 0.25) is 0 Å². The van der Waals surface area contributed by atoms with E-state index in [1.54, 1.807) is 0 Å². The number of hydrogen-bond donors (Lipinski definition) is 1. The summed E-state index contributed by atoms with van der Waals surface area (Å²) in [6, 6.07) is 12.1. The summed E-state index contributed by atoms with van der Waals surface area (Å²) in [7, 11) is 0. The van der Waals surface area contributed by atoms with E-state index >= 15 is 0 Å². The Bertz CT molecular complexity index is 642. The molecule has 2 nitrogen and oxygen atoms in total. The van der Waals surface area contributed by atoms with Crippen LogP contribution in [0.1, 0.15) is 24.1 Å². The lowest BCUT2D eigenvalue weighted by atomic mass is 10.1. The predicted octanol–water partition coefficient (Wildman–Crippen LogP) is 5.10. The molecule has 4 heteroatoms. The van der Waals surface area contributed by atoms with Crippen LogP contribution in [-0.2, 0) is 6.42 Å². The molecule has 3 rings (SSSR count). The average Bonchev–Trinajstić information content (AvgIpc) is 2.89. The van der Waals surface area contributed by atoms with E-state index in [1.165, 1.54) is 5.56 Å². The van der Waals surface area contributed by atoms with Crippen LogP contribution in [0.5, 0.6) is 5.75 Å². The smallest absolute Gasteiger partial charge is 0.122 e. The molecule has 0 saturated heterocycles. The summed E-state index contributed by atoms with van der Waals surface area (Å²) < 4.78 is 5.51. The largest absolute Gasteiger partial charge is 0.493 e. The van der Waals surface area contributed by atoms with Crippen LogP contribution < -0.4 is 10.1 Å². The van der Waals surface area contributed by atoms with Crippen molar-refractivity contribution in [3.05, 3.63) is 57.6 Å². The van der Waals surface area contributed by atoms with Crippen LogP contribution in [0.15, 0.2) is 36.4 Å². The Labute approximate surface area is 128 Å². The Morgan fingerprint density at radius 2 is 1.95 bits per heavy atom. The summed E-state index contributed by atoms with van der Waals surface area (Å²) in [6.07, 6.45) is 0.978. The molecule has 104 valence electrons. The third kappa shape index (κ3) is 2.72. The number of rotatable bonds is 3. The summed E-state index contributed by atoms with van der Waals surface area (Å²) in [6.45, 7) is 2.88. The van der Waals surface area contributed by atoms with Crippen molar-refractivity contribution in [1.29, 1.82) is 0 Å². The topological polar surface area (TPSA) is 21.3 Å². The minimum Gasteiger partial charge on any atom is -0.493 e. The SMILES string of the molecule is CC(Nc1ccc2c(c1)CCO2)c1ccc(Cl)c(Cl)c1. The van der Waals surface area contributed by atoms with E-state index in [-0.39, 0.29) is 6.04 Å². The molecule has 0 aliphatic carbocycles. The van der Waals surface area contributed by atoms with Crippen molar-refractivity contribution in [2.24, 2.45) is 0 Å². The van der Waals surface area contributed by atoms with Crippen molar-refractivity contribution in [1.82, 2.24) is 0 Å². The first-order valence-corrected chi connectivity index (χ1v) is 7.36. The monoisotopic (exact) mass is 307 g/mol. The van der Waals surface area contributed by atoms with Crippen LogP contribution in [0.2, 0.25) is 10.0 Å². The zero-order valence-corrected chi connectivity index (χ0v) is 12.6. The fraction of sp³-hybridized carbons (Fsp3) is 0.250. The van der Waals surface area contributed by atoms with E-state index in [0.717, 1.165) is 30.0 Å². The lowest BCUT2D eigenvalue weighted by Gasteiger charge is -2.17. The summed E-state index contributed by atoms with van der Waals surface area (Å²) in [5, 5.41) is 4.64. The molecular weight excluding hydrogens is 293 g/mol. The molecule has 1 aliphatic heterocycles. The standard InChI is InChI=1S/C16H15Cl2NO/c1-10(11-2-4-14(17)15(18)9-11)19-13-3-5-16-12(8-13)6-7-20-16/h2-5,8-10,19H,6-7H2,1H3. The molecule has 0 amide bonds. The molecule has 1 unspecified atom stereocenters. The number of anilines is 1. The summed E-state index contributed by atoms with van der Waals surface area (Å²) in [5.41, 5.74) is 3.46. The Morgan fingerprint density at radius 1 is 1.10 bits per heavy atom. The van der Waals surface area contributed by atoms with Gasteiger partial charge in [0.25, 0.3) is 0 Å². The van der Waals surface area contributed by atoms with Crippen LogP contribution in [0, 0.1) is 0 Å². The van der Waals surface area contributed by atoms with Gasteiger partial charge in [0.05, 0.1) is 16.7 Å². The highest BCUT2D eigenvalue weighted by Crippen LogP contribution is 2.31. The quantitative estimate of drug-likeness (QED) is 0.851. The molecule has 1 N–H and O–H groups in total. The van der Waals surface area contributed by atoms with Crippen molar-refractivity contribution < 1.29 is 4.74 Å². The summed E-state index contributed by atoms with van der Waals surface area (Å²) in [4.78, 5) is 0. The minimum absolute atomic E-state index is 0.158. The van der Waals surface area contributed by atoms with Crippen molar-refractivity contribution in [3.63, 3.8) is 0 Å². The van der Waals surface area contributed by atoms with Gasteiger partial charge in [0.15, 0.2) is 0 Å². The van der Waals surface area contributed by atoms with Gasteiger partial charge < -0.3 is 10.1 Å². The molecular formula is C16H15Cl2NO. The maximum absolute atomic E-state index is 6.06. The predicted molar refractivity (Wildman–Crippen MR) is 84.1 cm³/mol. The van der Waals surface area contributed by atoms with Crippen LogP contribution in [0.4, 0.5) is 5.69 Å². The second kappa shape index (κ2) is 5.55. The number of halogens is 2. The second-order valence-corrected chi connectivity index (χ2v) is 5.77. The fourth-order valence-corrected chi connectivity index (χ4v) is 2.70. The molecule has 0 radical (unpaired) electrons. The van der Waals surface area contributed by atoms with E-state index in [0.29, 0.717) is 10.0 Å². The molecule has 0 spiro atoms. The number of fused-ring (bicyclic) bond motifs is 1. The second-order valence-electron chi connectivity index (χ2n) is 4.96. The Kier molecular flexibility index (Phi) is 3.77. The normalized spacial score (nSPS) is 14.6. The van der Waals surface area contributed by atoms with Crippen molar-refractivity contribution in [2.45, 2.75) is 19.4 Å². The first kappa shape index (κ1) is 13.6. The lowest BCUT2D eigenvalue weighted by molar-refractivity contribution is 0.357. The average molecular weight is 308 g/mol. The van der Waals surface area contributed by atoms with Gasteiger partial charge in [0, 0.05) is 18.2 Å². The van der Waals surface area contributed by atoms with Crippen molar-refractivity contribution in [3.8, 4) is 5.75 Å². The van der Waals surface area contributed by atoms with Crippen molar-refractivity contribution in [2.75, 3.05) is 11.9 Å². The van der Waals surface area contributed by atoms with Gasteiger partial charge in [-0.3, -0.25) is 0 Å². The molecule has 0 bridgehead atoms. The molecule has 0 fully saturated rings. The van der Waals surface area contributed by atoms with E-state index in [2.05, 4.69) is 18.3 Å². The zero-order chi connectivity index (χ0) is 14.1. The molecule has 1 atom stereocenters. The fourth-order valence-electron chi connectivity index (χ4n) is 2.39. The Hall–Kier alpha value is -1.38. The van der Waals surface area contributed by atoms with Gasteiger partial charge in [-0.05, 0) is 48.4 Å². The van der Waals surface area contributed by atoms with Gasteiger partial charge in [-0.15, -0.1) is 0 Å². The first-order valence-electron chi connectivity index (χ1n) is 6.61. The molecule has 2 aromatic rings. The summed E-state index contributed by atoms with van der Waals surface area (Å²) >= 11 is 12.0. The molecule has 0 aromatic heterocycles. The molecule has 2 aromatic carbocycles. The molecule has 1 heterocycles. The molecule has 1 aliphatic rings. The number of ether oxygens (including phenoxy) is 1. The number of nitrogens with one attached hydrogen (secondary N) is 1. The minimum atomic E-state index is 0.158. The number of benzene rings is 2. The van der Waals surface area contributed by atoms with Gasteiger partial charge in [-0.1, -0.05) is 29.3 Å². The van der Waals surface area contributed by atoms with Crippen LogP contribution in [0.3, 0.4) is 0 Å².